The lowest BCUT2D eigenvalue weighted by Crippen LogP contribution is -2.34. The second-order valence-corrected chi connectivity index (χ2v) is 6.30. The maximum Gasteiger partial charge on any atom is 0.226 e. The molecule has 2 aliphatic heterocycles. The number of carbonyl (C=O) groups is 2. The molecule has 1 amide bonds. The number of hydrogen-bond acceptors (Lipinski definition) is 3. The number of rotatable bonds is 4. The van der Waals surface area contributed by atoms with Crippen LogP contribution in [0.4, 0.5) is 5.69 Å². The lowest BCUT2D eigenvalue weighted by atomic mass is 9.90. The monoisotopic (exact) mass is 300 g/mol. The van der Waals surface area contributed by atoms with E-state index in [1.807, 2.05) is 30.0 Å². The summed E-state index contributed by atoms with van der Waals surface area (Å²) in [6.45, 7) is 4.57. The highest BCUT2D eigenvalue weighted by molar-refractivity contribution is 6.00. The van der Waals surface area contributed by atoms with Crippen LogP contribution in [0.25, 0.3) is 0 Å². The molecule has 118 valence electrons. The van der Waals surface area contributed by atoms with E-state index in [4.69, 9.17) is 0 Å². The van der Waals surface area contributed by atoms with E-state index in [0.717, 1.165) is 62.1 Å². The molecule has 0 aliphatic carbocycles. The molecule has 0 saturated carbocycles. The Kier molecular flexibility index (Phi) is 4.57. The van der Waals surface area contributed by atoms with Gasteiger partial charge in [-0.15, -0.1) is 0 Å². The Morgan fingerprint density at radius 2 is 2.23 bits per heavy atom. The quantitative estimate of drug-likeness (QED) is 0.869. The van der Waals surface area contributed by atoms with Crippen molar-refractivity contribution in [3.63, 3.8) is 0 Å². The molecule has 4 heteroatoms. The SMILES string of the molecule is CCCC(=O)N1CCc2cc(C(=O)C3CCCNC3)ccc21. The van der Waals surface area contributed by atoms with Crippen LogP contribution in [0, 0.1) is 5.92 Å². The van der Waals surface area contributed by atoms with Crippen molar-refractivity contribution in [2.75, 3.05) is 24.5 Å². The van der Waals surface area contributed by atoms with E-state index in [2.05, 4.69) is 5.32 Å². The van der Waals surface area contributed by atoms with Crippen LogP contribution in [0.5, 0.6) is 0 Å². The number of fused-ring (bicyclic) bond motifs is 1. The Hall–Kier alpha value is -1.68. The van der Waals surface area contributed by atoms with E-state index in [1.165, 1.54) is 0 Å². The van der Waals surface area contributed by atoms with Gasteiger partial charge in [-0.3, -0.25) is 9.59 Å². The molecule has 2 aliphatic rings. The van der Waals surface area contributed by atoms with Gasteiger partial charge in [0.05, 0.1) is 0 Å². The van der Waals surface area contributed by atoms with Crippen molar-refractivity contribution in [2.45, 2.75) is 39.0 Å². The first kappa shape index (κ1) is 15.2. The predicted octanol–water partition coefficient (Wildman–Crippen LogP) is 2.56. The van der Waals surface area contributed by atoms with Crippen LogP contribution in [0.1, 0.15) is 48.5 Å². The summed E-state index contributed by atoms with van der Waals surface area (Å²) in [7, 11) is 0. The third-order valence-electron chi connectivity index (χ3n) is 4.69. The Morgan fingerprint density at radius 1 is 1.36 bits per heavy atom. The summed E-state index contributed by atoms with van der Waals surface area (Å²) < 4.78 is 0. The molecule has 1 N–H and O–H groups in total. The van der Waals surface area contributed by atoms with Crippen LogP contribution >= 0.6 is 0 Å². The Labute approximate surface area is 131 Å². The van der Waals surface area contributed by atoms with Crippen molar-refractivity contribution in [1.29, 1.82) is 0 Å². The molecule has 1 fully saturated rings. The highest BCUT2D eigenvalue weighted by atomic mass is 16.2. The third kappa shape index (κ3) is 2.93. The van der Waals surface area contributed by atoms with Crippen LogP contribution in [-0.4, -0.2) is 31.3 Å². The van der Waals surface area contributed by atoms with Crippen molar-refractivity contribution in [3.8, 4) is 0 Å². The number of amides is 1. The van der Waals surface area contributed by atoms with Crippen molar-refractivity contribution < 1.29 is 9.59 Å². The molecular formula is C18H24N2O2. The zero-order chi connectivity index (χ0) is 15.5. The standard InChI is InChI=1S/C18H24N2O2/c1-2-4-17(21)20-10-8-13-11-14(6-7-16(13)20)18(22)15-5-3-9-19-12-15/h6-7,11,15,19H,2-5,8-10,12H2,1H3. The second kappa shape index (κ2) is 6.61. The summed E-state index contributed by atoms with van der Waals surface area (Å²) in [4.78, 5) is 26.6. The number of nitrogens with zero attached hydrogens (tertiary/aromatic N) is 1. The summed E-state index contributed by atoms with van der Waals surface area (Å²) in [5, 5.41) is 3.30. The molecule has 3 rings (SSSR count). The summed E-state index contributed by atoms with van der Waals surface area (Å²) >= 11 is 0. The first-order chi connectivity index (χ1) is 10.7. The zero-order valence-electron chi connectivity index (χ0n) is 13.2. The van der Waals surface area contributed by atoms with Gasteiger partial charge in [0, 0.05) is 36.7 Å². The van der Waals surface area contributed by atoms with Crippen LogP contribution in [0.15, 0.2) is 18.2 Å². The summed E-state index contributed by atoms with van der Waals surface area (Å²) in [6.07, 6.45) is 4.36. The summed E-state index contributed by atoms with van der Waals surface area (Å²) in [5.41, 5.74) is 2.94. The maximum absolute atomic E-state index is 12.6. The minimum atomic E-state index is 0.103. The third-order valence-corrected chi connectivity index (χ3v) is 4.69. The van der Waals surface area contributed by atoms with E-state index in [1.54, 1.807) is 0 Å². The number of carbonyl (C=O) groups excluding carboxylic acids is 2. The predicted molar refractivity (Wildman–Crippen MR) is 87.3 cm³/mol. The largest absolute Gasteiger partial charge is 0.316 e. The molecule has 0 spiro atoms. The minimum absolute atomic E-state index is 0.103. The van der Waals surface area contributed by atoms with Crippen molar-refractivity contribution in [3.05, 3.63) is 29.3 Å². The van der Waals surface area contributed by atoms with Crippen molar-refractivity contribution in [2.24, 2.45) is 5.92 Å². The molecule has 2 heterocycles. The molecule has 1 atom stereocenters. The van der Waals surface area contributed by atoms with Gasteiger partial charge >= 0.3 is 0 Å². The fourth-order valence-corrected chi connectivity index (χ4v) is 3.47. The van der Waals surface area contributed by atoms with Crippen molar-refractivity contribution >= 4 is 17.4 Å². The average Bonchev–Trinajstić information content (AvgIpc) is 2.98. The van der Waals surface area contributed by atoms with Crippen molar-refractivity contribution in [1.82, 2.24) is 5.32 Å². The maximum atomic E-state index is 12.6. The fraction of sp³-hybridized carbons (Fsp3) is 0.556. The number of ketones is 1. The zero-order valence-corrected chi connectivity index (χ0v) is 13.2. The smallest absolute Gasteiger partial charge is 0.226 e. The van der Waals surface area contributed by atoms with Crippen LogP contribution in [0.3, 0.4) is 0 Å². The van der Waals surface area contributed by atoms with Gasteiger partial charge in [-0.2, -0.15) is 0 Å². The van der Waals surface area contributed by atoms with Gasteiger partial charge in [-0.25, -0.2) is 0 Å². The summed E-state index contributed by atoms with van der Waals surface area (Å²) in [5.74, 6) is 0.538. The molecule has 4 nitrogen and oxygen atoms in total. The van der Waals surface area contributed by atoms with Crippen LogP contribution in [-0.2, 0) is 11.2 Å². The normalized spacial score (nSPS) is 20.8. The molecule has 1 aromatic rings. The van der Waals surface area contributed by atoms with Gasteiger partial charge in [0.15, 0.2) is 5.78 Å². The number of piperidine rings is 1. The number of benzene rings is 1. The molecule has 0 aromatic heterocycles. The first-order valence-electron chi connectivity index (χ1n) is 8.39. The van der Waals surface area contributed by atoms with Gasteiger partial charge in [0.1, 0.15) is 0 Å². The molecule has 1 aromatic carbocycles. The number of hydrogen-bond donors (Lipinski definition) is 1. The molecule has 1 saturated heterocycles. The van der Waals surface area contributed by atoms with E-state index >= 15 is 0 Å². The van der Waals surface area contributed by atoms with Gasteiger partial charge in [0.2, 0.25) is 5.91 Å². The lowest BCUT2D eigenvalue weighted by Gasteiger charge is -2.22. The topological polar surface area (TPSA) is 49.4 Å². The number of nitrogens with one attached hydrogen (secondary N) is 1. The highest BCUT2D eigenvalue weighted by Crippen LogP contribution is 2.30. The van der Waals surface area contributed by atoms with E-state index in [-0.39, 0.29) is 17.6 Å². The van der Waals surface area contributed by atoms with Gasteiger partial charge in [0.25, 0.3) is 0 Å². The first-order valence-corrected chi connectivity index (χ1v) is 8.39. The average molecular weight is 300 g/mol. The minimum Gasteiger partial charge on any atom is -0.316 e. The van der Waals surface area contributed by atoms with Gasteiger partial charge in [-0.1, -0.05) is 6.92 Å². The van der Waals surface area contributed by atoms with Crippen LogP contribution < -0.4 is 10.2 Å². The molecule has 0 radical (unpaired) electrons. The van der Waals surface area contributed by atoms with E-state index < -0.39 is 0 Å². The Balaban J connectivity index is 1.77. The fourth-order valence-electron chi connectivity index (χ4n) is 3.47. The lowest BCUT2D eigenvalue weighted by molar-refractivity contribution is -0.118. The molecule has 1 unspecified atom stereocenters. The second-order valence-electron chi connectivity index (χ2n) is 6.30. The van der Waals surface area contributed by atoms with E-state index in [9.17, 15) is 9.59 Å². The Bertz CT molecular complexity index is 576. The van der Waals surface area contributed by atoms with Gasteiger partial charge in [-0.05, 0) is 56.0 Å². The van der Waals surface area contributed by atoms with Crippen LogP contribution in [0.2, 0.25) is 0 Å². The Morgan fingerprint density at radius 3 is 2.95 bits per heavy atom. The molecule has 22 heavy (non-hydrogen) atoms. The summed E-state index contributed by atoms with van der Waals surface area (Å²) in [6, 6.07) is 5.86. The van der Waals surface area contributed by atoms with Gasteiger partial charge < -0.3 is 10.2 Å². The number of Topliss-reactive ketones (excluding diaryl/α,β-unsaturated/α-hetero) is 1. The number of anilines is 1. The molecular weight excluding hydrogens is 276 g/mol. The molecule has 0 bridgehead atoms. The van der Waals surface area contributed by atoms with E-state index in [0.29, 0.717) is 6.42 Å². The highest BCUT2D eigenvalue weighted by Gasteiger charge is 2.27.